The van der Waals surface area contributed by atoms with Crippen LogP contribution in [0.25, 0.3) is 0 Å². The number of likely N-dealkylation sites (N-methyl/N-ethyl adjacent to an activating group) is 1. The first kappa shape index (κ1) is 17.2. The molecule has 0 bridgehead atoms. The summed E-state index contributed by atoms with van der Waals surface area (Å²) in [7, 11) is 3.17. The summed E-state index contributed by atoms with van der Waals surface area (Å²) < 4.78 is 10.2. The SMILES string of the molecule is COc1ccccc1CN(C)C(=O)COC(=O)c1nccnc1N. The Kier molecular flexibility index (Phi) is 5.67. The van der Waals surface area contributed by atoms with Crippen LogP contribution in [0, 0.1) is 0 Å². The van der Waals surface area contributed by atoms with Gasteiger partial charge < -0.3 is 20.1 Å². The van der Waals surface area contributed by atoms with E-state index in [-0.39, 0.29) is 17.4 Å². The van der Waals surface area contributed by atoms with E-state index in [0.29, 0.717) is 12.3 Å². The first-order valence-electron chi connectivity index (χ1n) is 7.12. The molecule has 0 saturated heterocycles. The van der Waals surface area contributed by atoms with Crippen LogP contribution < -0.4 is 10.5 Å². The summed E-state index contributed by atoms with van der Waals surface area (Å²) in [6.45, 7) is -0.0891. The highest BCUT2D eigenvalue weighted by Crippen LogP contribution is 2.18. The zero-order chi connectivity index (χ0) is 17.5. The van der Waals surface area contributed by atoms with Crippen molar-refractivity contribution in [2.75, 3.05) is 26.5 Å². The average molecular weight is 330 g/mol. The van der Waals surface area contributed by atoms with E-state index in [1.54, 1.807) is 14.2 Å². The third-order valence-electron chi connectivity index (χ3n) is 3.27. The molecule has 2 N–H and O–H groups in total. The molecule has 0 saturated carbocycles. The van der Waals surface area contributed by atoms with Gasteiger partial charge in [0, 0.05) is 31.5 Å². The monoisotopic (exact) mass is 330 g/mol. The van der Waals surface area contributed by atoms with Crippen molar-refractivity contribution >= 4 is 17.7 Å². The molecule has 0 fully saturated rings. The molecule has 0 spiro atoms. The molecular formula is C16H18N4O4. The van der Waals surface area contributed by atoms with Gasteiger partial charge >= 0.3 is 5.97 Å². The van der Waals surface area contributed by atoms with Crippen molar-refractivity contribution in [1.82, 2.24) is 14.9 Å². The van der Waals surface area contributed by atoms with Gasteiger partial charge in [0.1, 0.15) is 5.75 Å². The van der Waals surface area contributed by atoms with Crippen LogP contribution in [0.4, 0.5) is 5.82 Å². The van der Waals surface area contributed by atoms with Crippen molar-refractivity contribution in [1.29, 1.82) is 0 Å². The lowest BCUT2D eigenvalue weighted by Gasteiger charge is -2.18. The summed E-state index contributed by atoms with van der Waals surface area (Å²) >= 11 is 0. The van der Waals surface area contributed by atoms with Gasteiger partial charge in [-0.05, 0) is 6.07 Å². The van der Waals surface area contributed by atoms with Gasteiger partial charge in [0.25, 0.3) is 5.91 Å². The Labute approximate surface area is 139 Å². The molecule has 0 aliphatic rings. The number of hydrogen-bond donors (Lipinski definition) is 1. The van der Waals surface area contributed by atoms with E-state index in [0.717, 1.165) is 5.56 Å². The molecule has 8 heteroatoms. The fraction of sp³-hybridized carbons (Fsp3) is 0.250. The average Bonchev–Trinajstić information content (AvgIpc) is 2.60. The Morgan fingerprint density at radius 3 is 2.62 bits per heavy atom. The largest absolute Gasteiger partial charge is 0.496 e. The van der Waals surface area contributed by atoms with Crippen LogP contribution in [-0.2, 0) is 16.1 Å². The van der Waals surface area contributed by atoms with Gasteiger partial charge in [0.05, 0.1) is 7.11 Å². The Morgan fingerprint density at radius 2 is 1.92 bits per heavy atom. The zero-order valence-electron chi connectivity index (χ0n) is 13.4. The van der Waals surface area contributed by atoms with Gasteiger partial charge in [-0.1, -0.05) is 18.2 Å². The maximum absolute atomic E-state index is 12.1. The Morgan fingerprint density at radius 1 is 1.21 bits per heavy atom. The Balaban J connectivity index is 1.92. The molecule has 2 aromatic rings. The fourth-order valence-electron chi connectivity index (χ4n) is 1.99. The smallest absolute Gasteiger partial charge is 0.361 e. The standard InChI is InChI=1S/C16H18N4O4/c1-20(9-11-5-3-4-6-12(11)23-2)13(21)10-24-16(22)14-15(17)19-8-7-18-14/h3-8H,9-10H2,1-2H3,(H2,17,19). The normalized spacial score (nSPS) is 10.1. The van der Waals surface area contributed by atoms with Crippen molar-refractivity contribution < 1.29 is 19.1 Å². The molecule has 1 aromatic heterocycles. The fourth-order valence-corrected chi connectivity index (χ4v) is 1.99. The summed E-state index contributed by atoms with van der Waals surface area (Å²) in [4.78, 5) is 32.9. The van der Waals surface area contributed by atoms with Crippen LogP contribution >= 0.6 is 0 Å². The molecule has 0 unspecified atom stereocenters. The first-order valence-corrected chi connectivity index (χ1v) is 7.12. The summed E-state index contributed by atoms with van der Waals surface area (Å²) in [6, 6.07) is 7.36. The number of amides is 1. The second-order valence-electron chi connectivity index (χ2n) is 4.93. The molecule has 1 aromatic carbocycles. The summed E-state index contributed by atoms with van der Waals surface area (Å²) in [5.41, 5.74) is 6.27. The molecule has 1 heterocycles. The predicted octanol–water partition coefficient (Wildman–Crippen LogP) is 0.883. The minimum Gasteiger partial charge on any atom is -0.496 e. The van der Waals surface area contributed by atoms with Crippen LogP contribution in [-0.4, -0.2) is 47.5 Å². The lowest BCUT2D eigenvalue weighted by atomic mass is 10.2. The van der Waals surface area contributed by atoms with E-state index >= 15 is 0 Å². The number of nitrogen functional groups attached to an aromatic ring is 1. The van der Waals surface area contributed by atoms with E-state index in [4.69, 9.17) is 15.2 Å². The third kappa shape index (κ3) is 4.19. The lowest BCUT2D eigenvalue weighted by molar-refractivity contribution is -0.133. The van der Waals surface area contributed by atoms with Crippen LogP contribution in [0.15, 0.2) is 36.7 Å². The zero-order valence-corrected chi connectivity index (χ0v) is 13.4. The number of methoxy groups -OCH3 is 1. The number of ether oxygens (including phenoxy) is 2. The van der Waals surface area contributed by atoms with E-state index in [9.17, 15) is 9.59 Å². The molecule has 2 rings (SSSR count). The highest BCUT2D eigenvalue weighted by atomic mass is 16.5. The lowest BCUT2D eigenvalue weighted by Crippen LogP contribution is -2.31. The Bertz CT molecular complexity index is 736. The number of anilines is 1. The second-order valence-corrected chi connectivity index (χ2v) is 4.93. The number of hydrogen-bond acceptors (Lipinski definition) is 7. The van der Waals surface area contributed by atoms with E-state index in [2.05, 4.69) is 9.97 Å². The van der Waals surface area contributed by atoms with Crippen molar-refractivity contribution in [3.05, 3.63) is 47.9 Å². The van der Waals surface area contributed by atoms with Gasteiger partial charge in [0.15, 0.2) is 18.1 Å². The second kappa shape index (κ2) is 7.91. The number of carbonyl (C=O) groups is 2. The molecule has 0 radical (unpaired) electrons. The Hall–Kier alpha value is -3.16. The summed E-state index contributed by atoms with van der Waals surface area (Å²) in [5, 5.41) is 0. The molecule has 0 aliphatic heterocycles. The van der Waals surface area contributed by atoms with Crippen LogP contribution in [0.3, 0.4) is 0 Å². The molecule has 126 valence electrons. The highest BCUT2D eigenvalue weighted by Gasteiger charge is 2.18. The molecule has 1 amide bonds. The van der Waals surface area contributed by atoms with E-state index < -0.39 is 12.6 Å². The predicted molar refractivity (Wildman–Crippen MR) is 86.2 cm³/mol. The number of benzene rings is 1. The molecule has 24 heavy (non-hydrogen) atoms. The quantitative estimate of drug-likeness (QED) is 0.783. The highest BCUT2D eigenvalue weighted by molar-refractivity contribution is 5.93. The topological polar surface area (TPSA) is 108 Å². The van der Waals surface area contributed by atoms with Crippen LogP contribution in [0.2, 0.25) is 0 Å². The van der Waals surface area contributed by atoms with E-state index in [1.165, 1.54) is 17.3 Å². The minimum absolute atomic E-state index is 0.0441. The van der Waals surface area contributed by atoms with Gasteiger partial charge in [-0.25, -0.2) is 14.8 Å². The van der Waals surface area contributed by atoms with Crippen LogP contribution in [0.1, 0.15) is 16.1 Å². The first-order chi connectivity index (χ1) is 11.5. The summed E-state index contributed by atoms with van der Waals surface area (Å²) in [5.74, 6) is -0.518. The third-order valence-corrected chi connectivity index (χ3v) is 3.27. The number of aromatic nitrogens is 2. The van der Waals surface area contributed by atoms with Gasteiger partial charge in [-0.3, -0.25) is 4.79 Å². The van der Waals surface area contributed by atoms with Crippen LogP contribution in [0.5, 0.6) is 5.75 Å². The molecule has 0 aliphatic carbocycles. The minimum atomic E-state index is -0.792. The maximum Gasteiger partial charge on any atom is 0.361 e. The number of rotatable bonds is 6. The van der Waals surface area contributed by atoms with Crippen molar-refractivity contribution in [3.63, 3.8) is 0 Å². The molecule has 0 atom stereocenters. The van der Waals surface area contributed by atoms with Crippen molar-refractivity contribution in [3.8, 4) is 5.75 Å². The summed E-state index contributed by atoms with van der Waals surface area (Å²) in [6.07, 6.45) is 2.68. The number of esters is 1. The number of para-hydroxylation sites is 1. The van der Waals surface area contributed by atoms with Crippen molar-refractivity contribution in [2.24, 2.45) is 0 Å². The molecular weight excluding hydrogens is 312 g/mol. The number of carbonyl (C=O) groups excluding carboxylic acids is 2. The number of nitrogens with two attached hydrogens (primary N) is 1. The van der Waals surface area contributed by atoms with E-state index in [1.807, 2.05) is 24.3 Å². The van der Waals surface area contributed by atoms with Crippen molar-refractivity contribution in [2.45, 2.75) is 6.54 Å². The maximum atomic E-state index is 12.1. The van der Waals surface area contributed by atoms with Gasteiger partial charge in [0.2, 0.25) is 0 Å². The van der Waals surface area contributed by atoms with Gasteiger partial charge in [-0.15, -0.1) is 0 Å². The van der Waals surface area contributed by atoms with Gasteiger partial charge in [-0.2, -0.15) is 0 Å². The molecule has 8 nitrogen and oxygen atoms in total. The number of nitrogens with zero attached hydrogens (tertiary/aromatic N) is 3.